The molecule has 76 valence electrons. The molecule has 0 fully saturated rings. The SMILES string of the molecule is C/C=C/C1=C(/C=C/[C@H](C)O)COC1=O. The Bertz CT molecular complexity index is 308. The van der Waals surface area contributed by atoms with E-state index in [1.165, 1.54) is 0 Å². The van der Waals surface area contributed by atoms with Crippen molar-refractivity contribution in [2.45, 2.75) is 20.0 Å². The van der Waals surface area contributed by atoms with Gasteiger partial charge < -0.3 is 9.84 Å². The summed E-state index contributed by atoms with van der Waals surface area (Å²) in [6, 6.07) is 0. The first-order valence-electron chi connectivity index (χ1n) is 4.54. The number of cyclic esters (lactones) is 1. The van der Waals surface area contributed by atoms with Gasteiger partial charge in [0.25, 0.3) is 0 Å². The Morgan fingerprint density at radius 1 is 1.50 bits per heavy atom. The number of carbonyl (C=O) groups excluding carboxylic acids is 1. The average molecular weight is 194 g/mol. The Morgan fingerprint density at radius 2 is 2.21 bits per heavy atom. The quantitative estimate of drug-likeness (QED) is 0.690. The summed E-state index contributed by atoms with van der Waals surface area (Å²) in [5.74, 6) is -0.298. The van der Waals surface area contributed by atoms with Gasteiger partial charge in [-0.2, -0.15) is 0 Å². The first kappa shape index (κ1) is 10.7. The lowest BCUT2D eigenvalue weighted by Crippen LogP contribution is -1.96. The molecule has 1 aliphatic heterocycles. The third kappa shape index (κ3) is 2.57. The summed E-state index contributed by atoms with van der Waals surface area (Å²) in [5.41, 5.74) is 1.39. The summed E-state index contributed by atoms with van der Waals surface area (Å²) in [7, 11) is 0. The van der Waals surface area contributed by atoms with E-state index in [4.69, 9.17) is 9.84 Å². The van der Waals surface area contributed by atoms with E-state index in [2.05, 4.69) is 0 Å². The van der Waals surface area contributed by atoms with Gasteiger partial charge in [-0.15, -0.1) is 0 Å². The van der Waals surface area contributed by atoms with Gasteiger partial charge in [-0.3, -0.25) is 0 Å². The number of aliphatic hydroxyl groups is 1. The van der Waals surface area contributed by atoms with Crippen LogP contribution in [0.15, 0.2) is 35.5 Å². The van der Waals surface area contributed by atoms with Crippen molar-refractivity contribution >= 4 is 5.97 Å². The minimum Gasteiger partial charge on any atom is -0.457 e. The maximum Gasteiger partial charge on any atom is 0.338 e. The van der Waals surface area contributed by atoms with Crippen LogP contribution in [0.2, 0.25) is 0 Å². The molecule has 0 saturated carbocycles. The number of hydrogen-bond acceptors (Lipinski definition) is 3. The molecule has 1 N–H and O–H groups in total. The van der Waals surface area contributed by atoms with E-state index in [9.17, 15) is 4.79 Å². The van der Waals surface area contributed by atoms with Crippen LogP contribution in [0, 0.1) is 0 Å². The van der Waals surface area contributed by atoms with Gasteiger partial charge in [0, 0.05) is 5.57 Å². The molecule has 0 aromatic heterocycles. The minimum absolute atomic E-state index is 0.293. The number of ether oxygens (including phenoxy) is 1. The van der Waals surface area contributed by atoms with Crippen LogP contribution in [-0.4, -0.2) is 23.8 Å². The van der Waals surface area contributed by atoms with Crippen molar-refractivity contribution in [2.24, 2.45) is 0 Å². The minimum atomic E-state index is -0.509. The number of hydrogen-bond donors (Lipinski definition) is 1. The Labute approximate surface area is 83.4 Å². The highest BCUT2D eigenvalue weighted by atomic mass is 16.5. The van der Waals surface area contributed by atoms with E-state index >= 15 is 0 Å². The molecule has 3 heteroatoms. The second-order valence-electron chi connectivity index (χ2n) is 3.11. The van der Waals surface area contributed by atoms with Crippen molar-refractivity contribution in [3.8, 4) is 0 Å². The van der Waals surface area contributed by atoms with E-state index in [1.54, 1.807) is 31.2 Å². The molecule has 1 rings (SSSR count). The summed E-state index contributed by atoms with van der Waals surface area (Å²) in [6.07, 6.45) is 6.35. The van der Waals surface area contributed by atoms with Crippen molar-refractivity contribution in [3.05, 3.63) is 35.5 Å². The van der Waals surface area contributed by atoms with E-state index in [1.807, 2.05) is 6.92 Å². The second-order valence-corrected chi connectivity index (χ2v) is 3.11. The Kier molecular flexibility index (Phi) is 3.65. The van der Waals surface area contributed by atoms with Gasteiger partial charge in [0.1, 0.15) is 6.61 Å². The topological polar surface area (TPSA) is 46.5 Å². The first-order valence-corrected chi connectivity index (χ1v) is 4.54. The maximum atomic E-state index is 11.2. The molecule has 0 unspecified atom stereocenters. The van der Waals surface area contributed by atoms with Gasteiger partial charge in [0.2, 0.25) is 0 Å². The third-order valence-corrected chi connectivity index (χ3v) is 1.83. The molecule has 0 spiro atoms. The normalized spacial score (nSPS) is 19.8. The summed E-state index contributed by atoms with van der Waals surface area (Å²) >= 11 is 0. The van der Waals surface area contributed by atoms with Crippen molar-refractivity contribution in [2.75, 3.05) is 6.61 Å². The molecular weight excluding hydrogens is 180 g/mol. The van der Waals surface area contributed by atoms with Crippen LogP contribution in [0.4, 0.5) is 0 Å². The Balaban J connectivity index is 2.88. The highest BCUT2D eigenvalue weighted by Gasteiger charge is 2.20. The number of allylic oxidation sites excluding steroid dienone is 1. The molecule has 0 bridgehead atoms. The lowest BCUT2D eigenvalue weighted by Gasteiger charge is -1.94. The van der Waals surface area contributed by atoms with Crippen LogP contribution in [-0.2, 0) is 9.53 Å². The predicted octanol–water partition coefficient (Wildman–Crippen LogP) is 1.35. The Hall–Kier alpha value is -1.35. The van der Waals surface area contributed by atoms with E-state index < -0.39 is 6.10 Å². The zero-order valence-electron chi connectivity index (χ0n) is 8.36. The van der Waals surface area contributed by atoms with Crippen molar-refractivity contribution < 1.29 is 14.6 Å². The molecular formula is C11H14O3. The standard InChI is InChI=1S/C11H14O3/c1-3-4-10-9(6-5-8(2)12)7-14-11(10)13/h3-6,8,12H,7H2,1-2H3/b4-3+,6-5+/t8-/m0/s1. The third-order valence-electron chi connectivity index (χ3n) is 1.83. The largest absolute Gasteiger partial charge is 0.457 e. The van der Waals surface area contributed by atoms with Crippen LogP contribution < -0.4 is 0 Å². The highest BCUT2D eigenvalue weighted by molar-refractivity contribution is 5.95. The Morgan fingerprint density at radius 3 is 2.79 bits per heavy atom. The van der Waals surface area contributed by atoms with Gasteiger partial charge in [-0.05, 0) is 13.8 Å². The highest BCUT2D eigenvalue weighted by Crippen LogP contribution is 2.18. The zero-order chi connectivity index (χ0) is 10.6. The smallest absolute Gasteiger partial charge is 0.338 e. The number of esters is 1. The molecule has 1 heterocycles. The predicted molar refractivity (Wildman–Crippen MR) is 53.6 cm³/mol. The summed E-state index contributed by atoms with van der Waals surface area (Å²) in [5, 5.41) is 9.04. The van der Waals surface area contributed by atoms with Crippen LogP contribution >= 0.6 is 0 Å². The van der Waals surface area contributed by atoms with E-state index in [0.29, 0.717) is 12.2 Å². The van der Waals surface area contributed by atoms with Crippen LogP contribution in [0.25, 0.3) is 0 Å². The van der Waals surface area contributed by atoms with Crippen LogP contribution in [0.1, 0.15) is 13.8 Å². The lowest BCUT2D eigenvalue weighted by atomic mass is 10.1. The van der Waals surface area contributed by atoms with Gasteiger partial charge in [-0.1, -0.05) is 24.3 Å². The van der Waals surface area contributed by atoms with E-state index in [-0.39, 0.29) is 5.97 Å². The number of carbonyl (C=O) groups is 1. The summed E-state index contributed by atoms with van der Waals surface area (Å²) in [6.45, 7) is 3.79. The summed E-state index contributed by atoms with van der Waals surface area (Å²) in [4.78, 5) is 11.2. The van der Waals surface area contributed by atoms with Gasteiger partial charge in [0.15, 0.2) is 0 Å². The molecule has 0 aliphatic carbocycles. The fraction of sp³-hybridized carbons (Fsp3) is 0.364. The van der Waals surface area contributed by atoms with E-state index in [0.717, 1.165) is 5.57 Å². The molecule has 1 aliphatic rings. The van der Waals surface area contributed by atoms with Crippen molar-refractivity contribution in [1.29, 1.82) is 0 Å². The van der Waals surface area contributed by atoms with Gasteiger partial charge >= 0.3 is 5.97 Å². The fourth-order valence-corrected chi connectivity index (χ4v) is 1.16. The second kappa shape index (κ2) is 4.77. The molecule has 0 aromatic carbocycles. The average Bonchev–Trinajstić information content (AvgIpc) is 2.46. The molecule has 1 atom stereocenters. The molecule has 0 saturated heterocycles. The molecule has 0 aromatic rings. The van der Waals surface area contributed by atoms with Crippen LogP contribution in [0.5, 0.6) is 0 Å². The molecule has 3 nitrogen and oxygen atoms in total. The van der Waals surface area contributed by atoms with Gasteiger partial charge in [-0.25, -0.2) is 4.79 Å². The molecule has 0 amide bonds. The lowest BCUT2D eigenvalue weighted by molar-refractivity contribution is -0.135. The van der Waals surface area contributed by atoms with Crippen molar-refractivity contribution in [1.82, 2.24) is 0 Å². The molecule has 0 radical (unpaired) electrons. The summed E-state index contributed by atoms with van der Waals surface area (Å²) < 4.78 is 4.87. The van der Waals surface area contributed by atoms with Crippen LogP contribution in [0.3, 0.4) is 0 Å². The number of aliphatic hydroxyl groups excluding tert-OH is 1. The van der Waals surface area contributed by atoms with Gasteiger partial charge in [0.05, 0.1) is 11.7 Å². The van der Waals surface area contributed by atoms with Crippen molar-refractivity contribution in [3.63, 3.8) is 0 Å². The fourth-order valence-electron chi connectivity index (χ4n) is 1.16. The number of rotatable bonds is 3. The molecule has 14 heavy (non-hydrogen) atoms. The monoisotopic (exact) mass is 194 g/mol. The zero-order valence-corrected chi connectivity index (χ0v) is 8.36. The maximum absolute atomic E-state index is 11.2. The first-order chi connectivity index (χ1) is 6.65.